The average molecular weight is 296 g/mol. The lowest BCUT2D eigenvalue weighted by Crippen LogP contribution is -2.50. The smallest absolute Gasteiger partial charge is 0.317 e. The normalized spacial score (nSPS) is 27.5. The fraction of sp³-hybridized carbons (Fsp3) is 0.875. The topological polar surface area (TPSA) is 69.6 Å². The van der Waals surface area contributed by atoms with Gasteiger partial charge in [-0.3, -0.25) is 4.79 Å². The van der Waals surface area contributed by atoms with Crippen LogP contribution >= 0.6 is 0 Å². The van der Waals surface area contributed by atoms with Gasteiger partial charge in [0.25, 0.3) is 0 Å². The molecule has 0 spiro atoms. The predicted octanol–water partition coefficient (Wildman–Crippen LogP) is 2.56. The van der Waals surface area contributed by atoms with Crippen LogP contribution in [-0.4, -0.2) is 41.6 Å². The van der Waals surface area contributed by atoms with E-state index in [9.17, 15) is 9.59 Å². The molecule has 21 heavy (non-hydrogen) atoms. The third-order valence-corrected chi connectivity index (χ3v) is 4.71. The van der Waals surface area contributed by atoms with E-state index in [1.807, 2.05) is 6.92 Å². The molecule has 1 aliphatic carbocycles. The highest BCUT2D eigenvalue weighted by Gasteiger charge is 2.43. The second kappa shape index (κ2) is 6.24. The molecule has 1 heterocycles. The van der Waals surface area contributed by atoms with E-state index in [-0.39, 0.29) is 11.9 Å². The summed E-state index contributed by atoms with van der Waals surface area (Å²) in [5, 5.41) is 12.2. The van der Waals surface area contributed by atoms with E-state index in [2.05, 4.69) is 19.2 Å². The van der Waals surface area contributed by atoms with Crippen molar-refractivity contribution >= 4 is 12.0 Å². The van der Waals surface area contributed by atoms with Gasteiger partial charge in [-0.15, -0.1) is 0 Å². The number of hydrogen-bond donors (Lipinski definition) is 2. The molecular weight excluding hydrogens is 268 g/mol. The number of carboxylic acid groups (broad SMARTS) is 1. The standard InChI is InChI=1S/C16H28N2O3/c1-11(2)7-16(4-5-16)10-17-15(21)18-8-12(3)6-13(9-18)14(19)20/h11-13H,4-10H2,1-3H3,(H,17,21)(H,19,20). The lowest BCUT2D eigenvalue weighted by molar-refractivity contribution is -0.143. The van der Waals surface area contributed by atoms with Crippen LogP contribution in [0.15, 0.2) is 0 Å². The van der Waals surface area contributed by atoms with Gasteiger partial charge < -0.3 is 15.3 Å². The van der Waals surface area contributed by atoms with Gasteiger partial charge in [-0.25, -0.2) is 4.79 Å². The van der Waals surface area contributed by atoms with Crippen molar-refractivity contribution < 1.29 is 14.7 Å². The quantitative estimate of drug-likeness (QED) is 0.819. The fourth-order valence-electron chi connectivity index (χ4n) is 3.57. The molecule has 0 aromatic carbocycles. The Labute approximate surface area is 127 Å². The molecule has 0 bridgehead atoms. The molecule has 0 aromatic heterocycles. The number of nitrogens with one attached hydrogen (secondary N) is 1. The van der Waals surface area contributed by atoms with Crippen molar-refractivity contribution in [3.63, 3.8) is 0 Å². The maximum absolute atomic E-state index is 12.3. The lowest BCUT2D eigenvalue weighted by atomic mass is 9.90. The number of amides is 2. The van der Waals surface area contributed by atoms with Crippen LogP contribution in [0, 0.1) is 23.2 Å². The van der Waals surface area contributed by atoms with E-state index >= 15 is 0 Å². The molecule has 120 valence electrons. The molecular formula is C16H28N2O3. The van der Waals surface area contributed by atoms with Gasteiger partial charge in [0.05, 0.1) is 5.92 Å². The molecule has 2 rings (SSSR count). The summed E-state index contributed by atoms with van der Waals surface area (Å²) in [6.07, 6.45) is 4.21. The molecule has 1 saturated carbocycles. The number of carbonyl (C=O) groups excluding carboxylic acids is 1. The first-order valence-electron chi connectivity index (χ1n) is 8.07. The number of hydrogen-bond acceptors (Lipinski definition) is 2. The summed E-state index contributed by atoms with van der Waals surface area (Å²) in [6, 6.07) is -0.0946. The summed E-state index contributed by atoms with van der Waals surface area (Å²) in [6.45, 7) is 8.16. The van der Waals surface area contributed by atoms with Crippen LogP contribution in [0.5, 0.6) is 0 Å². The average Bonchev–Trinajstić information content (AvgIpc) is 3.14. The number of likely N-dealkylation sites (tertiary alicyclic amines) is 1. The number of carboxylic acids is 1. The van der Waals surface area contributed by atoms with Crippen LogP contribution in [0.4, 0.5) is 4.79 Å². The van der Waals surface area contributed by atoms with Gasteiger partial charge in [0.1, 0.15) is 0 Å². The van der Waals surface area contributed by atoms with E-state index in [1.165, 1.54) is 12.8 Å². The van der Waals surface area contributed by atoms with Gasteiger partial charge in [0, 0.05) is 19.6 Å². The highest BCUT2D eigenvalue weighted by atomic mass is 16.4. The van der Waals surface area contributed by atoms with E-state index in [0.29, 0.717) is 30.8 Å². The van der Waals surface area contributed by atoms with Gasteiger partial charge >= 0.3 is 12.0 Å². The molecule has 0 radical (unpaired) electrons. The zero-order chi connectivity index (χ0) is 15.6. The number of piperidine rings is 1. The Kier molecular flexibility index (Phi) is 4.79. The van der Waals surface area contributed by atoms with E-state index < -0.39 is 11.9 Å². The van der Waals surface area contributed by atoms with Crippen molar-refractivity contribution in [3.8, 4) is 0 Å². The molecule has 2 fully saturated rings. The molecule has 5 heteroatoms. The Bertz CT molecular complexity index is 404. The molecule has 1 saturated heterocycles. The Hall–Kier alpha value is -1.26. The number of rotatable bonds is 5. The van der Waals surface area contributed by atoms with Gasteiger partial charge in [-0.05, 0) is 42.9 Å². The molecule has 1 aliphatic heterocycles. The van der Waals surface area contributed by atoms with Gasteiger partial charge in [-0.2, -0.15) is 0 Å². The van der Waals surface area contributed by atoms with Crippen molar-refractivity contribution in [1.82, 2.24) is 10.2 Å². The Morgan fingerprint density at radius 3 is 2.52 bits per heavy atom. The summed E-state index contributed by atoms with van der Waals surface area (Å²) in [4.78, 5) is 25.1. The van der Waals surface area contributed by atoms with Crippen molar-refractivity contribution in [2.75, 3.05) is 19.6 Å². The van der Waals surface area contributed by atoms with Crippen LogP contribution in [-0.2, 0) is 4.79 Å². The molecule has 2 N–H and O–H groups in total. The van der Waals surface area contributed by atoms with Gasteiger partial charge in [0.2, 0.25) is 0 Å². The summed E-state index contributed by atoms with van der Waals surface area (Å²) in [7, 11) is 0. The van der Waals surface area contributed by atoms with Gasteiger partial charge in [0.15, 0.2) is 0 Å². The van der Waals surface area contributed by atoms with Crippen LogP contribution < -0.4 is 5.32 Å². The predicted molar refractivity (Wildman–Crippen MR) is 81.0 cm³/mol. The molecule has 5 nitrogen and oxygen atoms in total. The third-order valence-electron chi connectivity index (χ3n) is 4.71. The minimum absolute atomic E-state index is 0.0946. The van der Waals surface area contributed by atoms with E-state index in [0.717, 1.165) is 13.0 Å². The van der Waals surface area contributed by atoms with Crippen LogP contribution in [0.3, 0.4) is 0 Å². The minimum Gasteiger partial charge on any atom is -0.481 e. The molecule has 2 atom stereocenters. The zero-order valence-electron chi connectivity index (χ0n) is 13.4. The van der Waals surface area contributed by atoms with Crippen molar-refractivity contribution in [2.24, 2.45) is 23.2 Å². The molecule has 2 aliphatic rings. The SMILES string of the molecule is CC(C)CC1(CNC(=O)N2CC(C)CC(C(=O)O)C2)CC1. The number of urea groups is 1. The molecule has 2 unspecified atom stereocenters. The van der Waals surface area contributed by atoms with Crippen molar-refractivity contribution in [3.05, 3.63) is 0 Å². The second-order valence-corrected chi connectivity index (χ2v) is 7.54. The van der Waals surface area contributed by atoms with E-state index in [1.54, 1.807) is 4.90 Å². The lowest BCUT2D eigenvalue weighted by Gasteiger charge is -2.35. The fourth-order valence-corrected chi connectivity index (χ4v) is 3.57. The number of nitrogens with zero attached hydrogens (tertiary/aromatic N) is 1. The summed E-state index contributed by atoms with van der Waals surface area (Å²) < 4.78 is 0. The van der Waals surface area contributed by atoms with Crippen molar-refractivity contribution in [1.29, 1.82) is 0 Å². The zero-order valence-corrected chi connectivity index (χ0v) is 13.4. The second-order valence-electron chi connectivity index (χ2n) is 7.54. The third kappa shape index (κ3) is 4.35. The summed E-state index contributed by atoms with van der Waals surface area (Å²) >= 11 is 0. The highest BCUT2D eigenvalue weighted by molar-refractivity contribution is 5.76. The summed E-state index contributed by atoms with van der Waals surface area (Å²) in [5.74, 6) is -0.324. The van der Waals surface area contributed by atoms with E-state index in [4.69, 9.17) is 5.11 Å². The maximum atomic E-state index is 12.3. The van der Waals surface area contributed by atoms with Gasteiger partial charge in [-0.1, -0.05) is 20.8 Å². The number of aliphatic carboxylic acids is 1. The highest BCUT2D eigenvalue weighted by Crippen LogP contribution is 2.50. The Morgan fingerprint density at radius 2 is 2.00 bits per heavy atom. The molecule has 0 aromatic rings. The largest absolute Gasteiger partial charge is 0.481 e. The first-order valence-corrected chi connectivity index (χ1v) is 8.07. The molecule has 2 amide bonds. The Balaban J connectivity index is 1.84. The first-order chi connectivity index (χ1) is 9.81. The monoisotopic (exact) mass is 296 g/mol. The summed E-state index contributed by atoms with van der Waals surface area (Å²) in [5.41, 5.74) is 0.303. The van der Waals surface area contributed by atoms with Crippen LogP contribution in [0.2, 0.25) is 0 Å². The maximum Gasteiger partial charge on any atom is 0.317 e. The van der Waals surface area contributed by atoms with Crippen molar-refractivity contribution in [2.45, 2.75) is 46.5 Å². The number of carbonyl (C=O) groups is 2. The first kappa shape index (κ1) is 16.1. The Morgan fingerprint density at radius 1 is 1.33 bits per heavy atom. The van der Waals surface area contributed by atoms with Crippen LogP contribution in [0.1, 0.15) is 46.5 Å². The van der Waals surface area contributed by atoms with Crippen LogP contribution in [0.25, 0.3) is 0 Å². The minimum atomic E-state index is -0.794.